The predicted molar refractivity (Wildman–Crippen MR) is 19.7 cm³/mol. The Morgan fingerprint density at radius 1 is 1.43 bits per heavy atom. The Bertz CT molecular complexity index is 140. The molecule has 1 heterocycles. The van der Waals surface area contributed by atoms with E-state index in [1.807, 2.05) is 12.4 Å². The zero-order chi connectivity index (χ0) is 5.11. The zero-order valence-electron chi connectivity index (χ0n) is 3.35. The van der Waals surface area contributed by atoms with Gasteiger partial charge in [0.25, 0.3) is 0 Å². The maximum absolute atomic E-state index is 11.7. The smallest absolute Gasteiger partial charge is 0.179 e. The lowest BCUT2D eigenvalue weighted by Gasteiger charge is -1.75. The van der Waals surface area contributed by atoms with Crippen LogP contribution in [-0.2, 0) is 0 Å². The molecular formula is C4HFN2. The molecule has 0 unspecified atom stereocenters. The molecule has 1 rings (SSSR count). The Labute approximate surface area is 40.0 Å². The molecule has 2 radical (unpaired) electrons. The van der Waals surface area contributed by atoms with Gasteiger partial charge in [0, 0.05) is 0 Å². The Morgan fingerprint density at radius 2 is 2.00 bits per heavy atom. The van der Waals surface area contributed by atoms with Crippen molar-refractivity contribution >= 4 is 0 Å². The highest BCUT2D eigenvalue weighted by molar-refractivity contribution is 4.76. The summed E-state index contributed by atoms with van der Waals surface area (Å²) in [6, 6.07) is 0. The van der Waals surface area contributed by atoms with Crippen LogP contribution in [0.5, 0.6) is 0 Å². The van der Waals surface area contributed by atoms with Crippen LogP contribution in [-0.4, -0.2) is 9.97 Å². The molecule has 3 heteroatoms. The zero-order valence-corrected chi connectivity index (χ0v) is 3.35. The van der Waals surface area contributed by atoms with E-state index in [9.17, 15) is 4.39 Å². The van der Waals surface area contributed by atoms with E-state index in [0.717, 1.165) is 0 Å². The molecule has 7 heavy (non-hydrogen) atoms. The quantitative estimate of drug-likeness (QED) is 0.461. The van der Waals surface area contributed by atoms with Crippen LogP contribution in [0.2, 0.25) is 0 Å². The lowest BCUT2D eigenvalue weighted by molar-refractivity contribution is 0.607. The number of rotatable bonds is 0. The minimum absolute atomic E-state index is 0.650. The molecule has 34 valence electrons. The van der Waals surface area contributed by atoms with Gasteiger partial charge in [-0.2, -0.15) is 0 Å². The van der Waals surface area contributed by atoms with E-state index >= 15 is 0 Å². The molecule has 0 spiro atoms. The van der Waals surface area contributed by atoms with Gasteiger partial charge in [0.1, 0.15) is 18.7 Å². The van der Waals surface area contributed by atoms with Gasteiger partial charge >= 0.3 is 0 Å². The van der Waals surface area contributed by atoms with Crippen LogP contribution in [0.1, 0.15) is 0 Å². The molecule has 0 saturated heterocycles. The third kappa shape index (κ3) is 0.924. The van der Waals surface area contributed by atoms with Crippen LogP contribution in [0.15, 0.2) is 6.33 Å². The first-order valence-corrected chi connectivity index (χ1v) is 1.65. The fourth-order valence-electron chi connectivity index (χ4n) is 0.225. The summed E-state index contributed by atoms with van der Waals surface area (Å²) in [5.41, 5.74) is 0. The normalized spacial score (nSPS) is 8.71. The Kier molecular flexibility index (Phi) is 0.978. The summed E-state index contributed by atoms with van der Waals surface area (Å²) >= 11 is 0. The number of nitrogens with zero attached hydrogens (tertiary/aromatic N) is 2. The summed E-state index contributed by atoms with van der Waals surface area (Å²) in [6.07, 6.45) is 5.16. The second-order valence-corrected chi connectivity index (χ2v) is 0.911. The van der Waals surface area contributed by atoms with Gasteiger partial charge < -0.3 is 0 Å². The first kappa shape index (κ1) is 4.18. The SMILES string of the molecule is Fc1[c]ncn[c]1. The van der Waals surface area contributed by atoms with Gasteiger partial charge in [-0.25, -0.2) is 14.4 Å². The van der Waals surface area contributed by atoms with Gasteiger partial charge in [-0.3, -0.25) is 0 Å². The molecule has 0 fully saturated rings. The average Bonchev–Trinajstić information content (AvgIpc) is 1.69. The fraction of sp³-hybridized carbons (Fsp3) is 0. The van der Waals surface area contributed by atoms with E-state index in [1.165, 1.54) is 6.33 Å². The third-order valence-corrected chi connectivity index (χ3v) is 0.441. The first-order valence-electron chi connectivity index (χ1n) is 1.65. The standard InChI is InChI=1S/C4HFN2/c5-4-1-6-3-7-2-4/h3H. The van der Waals surface area contributed by atoms with E-state index in [4.69, 9.17) is 0 Å². The Morgan fingerprint density at radius 3 is 2.29 bits per heavy atom. The van der Waals surface area contributed by atoms with Crippen molar-refractivity contribution in [2.24, 2.45) is 0 Å². The fourth-order valence-corrected chi connectivity index (χ4v) is 0.225. The molecule has 0 bridgehead atoms. The highest BCUT2D eigenvalue weighted by Crippen LogP contribution is 1.81. The monoisotopic (exact) mass is 96.0 g/mol. The highest BCUT2D eigenvalue weighted by atomic mass is 19.1. The van der Waals surface area contributed by atoms with Gasteiger partial charge in [-0.05, 0) is 0 Å². The van der Waals surface area contributed by atoms with Gasteiger partial charge in [0.15, 0.2) is 5.82 Å². The molecule has 0 aromatic carbocycles. The summed E-state index contributed by atoms with van der Waals surface area (Å²) in [4.78, 5) is 6.48. The molecule has 1 aromatic rings. The molecule has 0 aliphatic heterocycles. The van der Waals surface area contributed by atoms with Crippen LogP contribution >= 0.6 is 0 Å². The largest absolute Gasteiger partial charge is 0.231 e. The first-order chi connectivity index (χ1) is 3.39. The molecule has 0 amide bonds. The maximum Gasteiger partial charge on any atom is 0.179 e. The molecular weight excluding hydrogens is 95.1 g/mol. The van der Waals surface area contributed by atoms with Crippen molar-refractivity contribution in [1.82, 2.24) is 9.97 Å². The van der Waals surface area contributed by atoms with Crippen LogP contribution in [0.25, 0.3) is 0 Å². The molecule has 0 aliphatic carbocycles. The minimum Gasteiger partial charge on any atom is -0.231 e. The summed E-state index contributed by atoms with van der Waals surface area (Å²) in [5.74, 6) is -0.650. The van der Waals surface area contributed by atoms with Crippen LogP contribution in [0.4, 0.5) is 4.39 Å². The van der Waals surface area contributed by atoms with Crippen molar-refractivity contribution < 1.29 is 4.39 Å². The van der Waals surface area contributed by atoms with Crippen LogP contribution in [0, 0.1) is 18.2 Å². The molecule has 0 saturated carbocycles. The van der Waals surface area contributed by atoms with Gasteiger partial charge in [0.05, 0.1) is 0 Å². The van der Waals surface area contributed by atoms with Gasteiger partial charge in [-0.1, -0.05) is 0 Å². The summed E-state index contributed by atoms with van der Waals surface area (Å²) in [6.45, 7) is 0. The maximum atomic E-state index is 11.7. The van der Waals surface area contributed by atoms with Crippen molar-refractivity contribution in [2.75, 3.05) is 0 Å². The summed E-state index contributed by atoms with van der Waals surface area (Å²) in [5, 5.41) is 0. The Hall–Kier alpha value is -0.990. The number of halogens is 1. The topological polar surface area (TPSA) is 25.8 Å². The van der Waals surface area contributed by atoms with Gasteiger partial charge in [0.2, 0.25) is 0 Å². The van der Waals surface area contributed by atoms with E-state index in [-0.39, 0.29) is 0 Å². The highest BCUT2D eigenvalue weighted by Gasteiger charge is 1.82. The average molecular weight is 96.1 g/mol. The number of aromatic nitrogens is 2. The number of hydrogen-bond donors (Lipinski definition) is 0. The second kappa shape index (κ2) is 1.64. The van der Waals surface area contributed by atoms with Crippen molar-refractivity contribution in [2.45, 2.75) is 0 Å². The molecule has 1 aromatic heterocycles. The van der Waals surface area contributed by atoms with E-state index in [0.29, 0.717) is 0 Å². The van der Waals surface area contributed by atoms with E-state index in [2.05, 4.69) is 9.97 Å². The van der Waals surface area contributed by atoms with Gasteiger partial charge in [-0.15, -0.1) is 0 Å². The summed E-state index contributed by atoms with van der Waals surface area (Å²) in [7, 11) is 0. The lowest BCUT2D eigenvalue weighted by atomic mass is 10.7. The van der Waals surface area contributed by atoms with Crippen molar-refractivity contribution in [3.63, 3.8) is 0 Å². The lowest BCUT2D eigenvalue weighted by Crippen LogP contribution is -1.78. The van der Waals surface area contributed by atoms with E-state index < -0.39 is 5.82 Å². The number of hydrogen-bond acceptors (Lipinski definition) is 2. The van der Waals surface area contributed by atoms with Crippen molar-refractivity contribution in [3.05, 3.63) is 24.5 Å². The van der Waals surface area contributed by atoms with Crippen molar-refractivity contribution in [3.8, 4) is 0 Å². The predicted octanol–water partition coefficient (Wildman–Crippen LogP) is 0.216. The Balaban J connectivity index is 3.02. The minimum atomic E-state index is -0.650. The summed E-state index contributed by atoms with van der Waals surface area (Å²) < 4.78 is 11.7. The van der Waals surface area contributed by atoms with E-state index in [1.54, 1.807) is 0 Å². The third-order valence-electron chi connectivity index (χ3n) is 0.441. The molecule has 2 nitrogen and oxygen atoms in total. The van der Waals surface area contributed by atoms with Crippen LogP contribution < -0.4 is 0 Å². The van der Waals surface area contributed by atoms with Crippen molar-refractivity contribution in [1.29, 1.82) is 0 Å². The molecule has 0 N–H and O–H groups in total. The molecule has 0 atom stereocenters. The van der Waals surface area contributed by atoms with Crippen LogP contribution in [0.3, 0.4) is 0 Å². The second-order valence-electron chi connectivity index (χ2n) is 0.911. The molecule has 0 aliphatic rings.